The lowest BCUT2D eigenvalue weighted by Gasteiger charge is -2.33. The third-order valence-corrected chi connectivity index (χ3v) is 8.43. The number of hydrogen-bond acceptors (Lipinski definition) is 3. The summed E-state index contributed by atoms with van der Waals surface area (Å²) in [5.74, 6) is 0.986. The largest absolute Gasteiger partial charge is 0.388 e. The van der Waals surface area contributed by atoms with Crippen LogP contribution in [0.1, 0.15) is 53.6 Å². The lowest BCUT2D eigenvalue weighted by molar-refractivity contribution is 0.0941. The van der Waals surface area contributed by atoms with Gasteiger partial charge in [0.25, 0.3) is 0 Å². The van der Waals surface area contributed by atoms with Crippen LogP contribution in [-0.2, 0) is 0 Å². The summed E-state index contributed by atoms with van der Waals surface area (Å²) in [7, 11) is 1.90. The first-order valence-corrected chi connectivity index (χ1v) is 13.9. The molecule has 2 aliphatic rings. The number of allylic oxidation sites excluding steroid dienone is 1. The van der Waals surface area contributed by atoms with E-state index < -0.39 is 0 Å². The first-order chi connectivity index (χ1) is 18.8. The van der Waals surface area contributed by atoms with Gasteiger partial charge in [0.2, 0.25) is 0 Å². The smallest absolute Gasteiger partial charge is 0.163 e. The molecule has 39 heavy (non-hydrogen) atoms. The number of hydrogen-bond donors (Lipinski definition) is 1. The van der Waals surface area contributed by atoms with Gasteiger partial charge in [0, 0.05) is 54.0 Å². The Bertz CT molecular complexity index is 1510. The van der Waals surface area contributed by atoms with Gasteiger partial charge in [0.1, 0.15) is 5.82 Å². The maximum absolute atomic E-state index is 13.2. The van der Waals surface area contributed by atoms with Crippen molar-refractivity contribution in [1.29, 1.82) is 0 Å². The SMILES string of the molecule is C=C(NC)c1ccc2c(c1C)=CN(CC1CCC(CC(=O)c3ccc(-c4ccc(F)cc4)cc3)CC1)C(=C)C=2. The molecule has 0 atom stereocenters. The summed E-state index contributed by atoms with van der Waals surface area (Å²) in [5, 5.41) is 5.61. The van der Waals surface area contributed by atoms with Crippen molar-refractivity contribution in [1.82, 2.24) is 10.2 Å². The summed E-state index contributed by atoms with van der Waals surface area (Å²) in [4.78, 5) is 15.3. The van der Waals surface area contributed by atoms with E-state index >= 15 is 0 Å². The molecule has 3 aromatic carbocycles. The monoisotopic (exact) mass is 520 g/mol. The molecule has 1 N–H and O–H groups in total. The highest BCUT2D eigenvalue weighted by atomic mass is 19.1. The van der Waals surface area contributed by atoms with Crippen LogP contribution >= 0.6 is 0 Å². The minimum Gasteiger partial charge on any atom is -0.388 e. The molecule has 200 valence electrons. The second kappa shape index (κ2) is 11.4. The van der Waals surface area contributed by atoms with Crippen LogP contribution in [0.5, 0.6) is 0 Å². The molecule has 3 nitrogen and oxygen atoms in total. The predicted molar refractivity (Wildman–Crippen MR) is 160 cm³/mol. The second-order valence-corrected chi connectivity index (χ2v) is 11.0. The quantitative estimate of drug-likeness (QED) is 0.348. The number of halogens is 1. The molecule has 0 unspecified atom stereocenters. The van der Waals surface area contributed by atoms with E-state index in [1.165, 1.54) is 28.1 Å². The van der Waals surface area contributed by atoms with Crippen molar-refractivity contribution < 1.29 is 9.18 Å². The lowest BCUT2D eigenvalue weighted by atomic mass is 9.79. The van der Waals surface area contributed by atoms with Crippen molar-refractivity contribution in [3.05, 3.63) is 112 Å². The maximum Gasteiger partial charge on any atom is 0.163 e. The van der Waals surface area contributed by atoms with Crippen molar-refractivity contribution in [3.63, 3.8) is 0 Å². The van der Waals surface area contributed by atoms with Crippen molar-refractivity contribution in [2.24, 2.45) is 11.8 Å². The fraction of sp³-hybridized carbons (Fsp3) is 0.286. The summed E-state index contributed by atoms with van der Waals surface area (Å²) in [6.45, 7) is 11.6. The molecule has 1 aliphatic heterocycles. The Labute approximate surface area is 231 Å². The molecular weight excluding hydrogens is 483 g/mol. The number of Topliss-reactive ketones (excluding diaryl/α,β-unsaturated/α-hetero) is 1. The minimum absolute atomic E-state index is 0.211. The van der Waals surface area contributed by atoms with Gasteiger partial charge in [-0.2, -0.15) is 0 Å². The average molecular weight is 521 g/mol. The van der Waals surface area contributed by atoms with Crippen molar-refractivity contribution >= 4 is 23.8 Å². The molecule has 4 heteroatoms. The first-order valence-electron chi connectivity index (χ1n) is 13.9. The molecule has 0 saturated heterocycles. The molecule has 5 rings (SSSR count). The zero-order chi connectivity index (χ0) is 27.5. The minimum atomic E-state index is -0.247. The molecule has 3 aromatic rings. The number of nitrogens with one attached hydrogen (secondary N) is 1. The van der Waals surface area contributed by atoms with Crippen LogP contribution in [0.4, 0.5) is 4.39 Å². The average Bonchev–Trinajstić information content (AvgIpc) is 2.95. The van der Waals surface area contributed by atoms with Gasteiger partial charge in [0.15, 0.2) is 5.78 Å². The van der Waals surface area contributed by atoms with E-state index in [2.05, 4.69) is 54.7 Å². The Morgan fingerprint density at radius 2 is 1.56 bits per heavy atom. The van der Waals surface area contributed by atoms with Gasteiger partial charge in [0.05, 0.1) is 0 Å². The van der Waals surface area contributed by atoms with Crippen LogP contribution in [0, 0.1) is 24.6 Å². The van der Waals surface area contributed by atoms with E-state index in [4.69, 9.17) is 0 Å². The predicted octanol–water partition coefficient (Wildman–Crippen LogP) is 6.42. The van der Waals surface area contributed by atoms with Crippen LogP contribution in [0.2, 0.25) is 0 Å². The van der Waals surface area contributed by atoms with E-state index in [9.17, 15) is 9.18 Å². The highest BCUT2D eigenvalue weighted by Crippen LogP contribution is 2.33. The summed E-state index contributed by atoms with van der Waals surface area (Å²) in [5.41, 5.74) is 7.02. The Morgan fingerprint density at radius 1 is 0.949 bits per heavy atom. The Hall–Kier alpha value is -3.92. The molecular formula is C35H37FN2O. The molecule has 0 radical (unpaired) electrons. The maximum atomic E-state index is 13.2. The van der Waals surface area contributed by atoms with E-state index in [0.29, 0.717) is 18.3 Å². The lowest BCUT2D eigenvalue weighted by Crippen LogP contribution is -2.38. The van der Waals surface area contributed by atoms with Gasteiger partial charge in [-0.05, 0) is 84.6 Å². The summed E-state index contributed by atoms with van der Waals surface area (Å²) in [6.07, 6.45) is 9.45. The third kappa shape index (κ3) is 5.90. The van der Waals surface area contributed by atoms with Gasteiger partial charge >= 0.3 is 0 Å². The van der Waals surface area contributed by atoms with Gasteiger partial charge in [-0.25, -0.2) is 4.39 Å². The summed E-state index contributed by atoms with van der Waals surface area (Å²) < 4.78 is 13.2. The molecule has 0 bridgehead atoms. The molecule has 0 spiro atoms. The van der Waals surface area contributed by atoms with E-state index in [1.54, 1.807) is 12.1 Å². The van der Waals surface area contributed by atoms with E-state index in [-0.39, 0.29) is 11.6 Å². The first kappa shape index (κ1) is 26.7. The Balaban J connectivity index is 1.17. The number of carbonyl (C=O) groups excluding carboxylic acids is 1. The fourth-order valence-electron chi connectivity index (χ4n) is 5.95. The van der Waals surface area contributed by atoms with Gasteiger partial charge in [-0.1, -0.05) is 61.7 Å². The van der Waals surface area contributed by atoms with Crippen LogP contribution < -0.4 is 15.8 Å². The molecule has 1 fully saturated rings. The van der Waals surface area contributed by atoms with Gasteiger partial charge < -0.3 is 10.2 Å². The number of benzene rings is 3. The Morgan fingerprint density at radius 3 is 2.21 bits per heavy atom. The van der Waals surface area contributed by atoms with Crippen LogP contribution in [-0.4, -0.2) is 24.3 Å². The normalized spacial score (nSPS) is 18.5. The molecule has 1 aliphatic carbocycles. The van der Waals surface area contributed by atoms with Gasteiger partial charge in [-0.3, -0.25) is 4.79 Å². The van der Waals surface area contributed by atoms with E-state index in [0.717, 1.165) is 65.9 Å². The zero-order valence-corrected chi connectivity index (χ0v) is 23.0. The molecule has 0 aromatic heterocycles. The number of carbonyl (C=O) groups is 1. The van der Waals surface area contributed by atoms with Crippen molar-refractivity contribution in [3.8, 4) is 11.1 Å². The van der Waals surface area contributed by atoms with Crippen LogP contribution in [0.25, 0.3) is 29.1 Å². The standard InChI is InChI=1S/C35H37FN2O/c1-23-19-31-15-18-33(25(3)37-4)24(2)34(31)22-38(23)21-27-7-5-26(6-8-27)20-35(39)30-11-9-28(10-12-30)29-13-16-32(36)17-14-29/h9-19,22,26-27,37H,1,3,5-8,20-21H2,2,4H3. The zero-order valence-electron chi connectivity index (χ0n) is 23.0. The fourth-order valence-corrected chi connectivity index (χ4v) is 5.95. The van der Waals surface area contributed by atoms with Crippen molar-refractivity contribution in [2.45, 2.75) is 39.0 Å². The third-order valence-electron chi connectivity index (χ3n) is 8.43. The second-order valence-electron chi connectivity index (χ2n) is 11.0. The molecule has 0 amide bonds. The summed E-state index contributed by atoms with van der Waals surface area (Å²) >= 11 is 0. The number of rotatable bonds is 8. The number of ketones is 1. The highest BCUT2D eigenvalue weighted by Gasteiger charge is 2.25. The number of nitrogens with zero attached hydrogens (tertiary/aromatic N) is 1. The van der Waals surface area contributed by atoms with E-state index in [1.807, 2.05) is 31.3 Å². The summed E-state index contributed by atoms with van der Waals surface area (Å²) in [6, 6.07) is 18.4. The van der Waals surface area contributed by atoms with Crippen LogP contribution in [0.3, 0.4) is 0 Å². The van der Waals surface area contributed by atoms with Crippen LogP contribution in [0.15, 0.2) is 79.5 Å². The topological polar surface area (TPSA) is 32.3 Å². The highest BCUT2D eigenvalue weighted by molar-refractivity contribution is 5.96. The Kier molecular flexibility index (Phi) is 7.83. The van der Waals surface area contributed by atoms with Crippen molar-refractivity contribution in [2.75, 3.05) is 13.6 Å². The number of fused-ring (bicyclic) bond motifs is 1. The molecule has 1 heterocycles. The van der Waals surface area contributed by atoms with Gasteiger partial charge in [-0.15, -0.1) is 0 Å². The molecule has 1 saturated carbocycles.